The van der Waals surface area contributed by atoms with Crippen molar-refractivity contribution in [3.8, 4) is 0 Å². The maximum Gasteiger partial charge on any atom is 0.0447 e. The summed E-state index contributed by atoms with van der Waals surface area (Å²) in [4.78, 5) is 0. The first-order valence-corrected chi connectivity index (χ1v) is 6.96. The summed E-state index contributed by atoms with van der Waals surface area (Å²) in [5, 5.41) is 6.22. The van der Waals surface area contributed by atoms with E-state index in [0.29, 0.717) is 12.6 Å². The van der Waals surface area contributed by atoms with E-state index in [1.54, 1.807) is 0 Å². The monoisotopic (exact) mass is 252 g/mol. The molecule has 0 aromatic heterocycles. The van der Waals surface area contributed by atoms with Gasteiger partial charge in [0.1, 0.15) is 0 Å². The molecule has 2 aromatic rings. The van der Waals surface area contributed by atoms with Gasteiger partial charge in [0.15, 0.2) is 0 Å². The Morgan fingerprint density at radius 1 is 1.05 bits per heavy atom. The zero-order chi connectivity index (χ0) is 13.1. The topological polar surface area (TPSA) is 38.0 Å². The molecule has 2 heteroatoms. The van der Waals surface area contributed by atoms with Crippen LogP contribution in [0.4, 0.5) is 0 Å². The summed E-state index contributed by atoms with van der Waals surface area (Å²) < 4.78 is 0. The summed E-state index contributed by atoms with van der Waals surface area (Å²) >= 11 is 0. The lowest BCUT2D eigenvalue weighted by Gasteiger charge is -2.22. The number of nitrogens with two attached hydrogens (primary N) is 1. The lowest BCUT2D eigenvalue weighted by atomic mass is 10.0. The third kappa shape index (κ3) is 2.70. The fraction of sp³-hybridized carbons (Fsp3) is 0.294. The van der Waals surface area contributed by atoms with Gasteiger partial charge in [0.25, 0.3) is 0 Å². The number of hydrogen-bond donors (Lipinski definition) is 2. The Morgan fingerprint density at radius 2 is 1.79 bits per heavy atom. The van der Waals surface area contributed by atoms with E-state index < -0.39 is 0 Å². The van der Waals surface area contributed by atoms with E-state index in [4.69, 9.17) is 5.73 Å². The molecule has 0 saturated carbocycles. The zero-order valence-electron chi connectivity index (χ0n) is 11.0. The van der Waals surface area contributed by atoms with Gasteiger partial charge < -0.3 is 11.1 Å². The summed E-state index contributed by atoms with van der Waals surface area (Å²) in [5.41, 5.74) is 7.23. The van der Waals surface area contributed by atoms with Crippen LogP contribution in [0.15, 0.2) is 54.6 Å². The highest BCUT2D eigenvalue weighted by molar-refractivity contribution is 5.83. The summed E-state index contributed by atoms with van der Waals surface area (Å²) in [6, 6.07) is 15.9. The average Bonchev–Trinajstić information content (AvgIpc) is 2.97. The Labute approximate surface area is 114 Å². The molecule has 0 amide bonds. The van der Waals surface area contributed by atoms with Gasteiger partial charge in [-0.3, -0.25) is 0 Å². The quantitative estimate of drug-likeness (QED) is 0.820. The van der Waals surface area contributed by atoms with E-state index >= 15 is 0 Å². The van der Waals surface area contributed by atoms with Crippen LogP contribution in [0.2, 0.25) is 0 Å². The van der Waals surface area contributed by atoms with Gasteiger partial charge in [-0.2, -0.15) is 0 Å². The van der Waals surface area contributed by atoms with E-state index in [9.17, 15) is 0 Å². The molecule has 1 aliphatic rings. The molecule has 1 atom stereocenters. The van der Waals surface area contributed by atoms with Crippen LogP contribution >= 0.6 is 0 Å². The normalized spacial score (nSPS) is 17.1. The summed E-state index contributed by atoms with van der Waals surface area (Å²) in [7, 11) is 0. The number of fused-ring (bicyclic) bond motifs is 1. The van der Waals surface area contributed by atoms with Crippen LogP contribution in [-0.2, 0) is 0 Å². The fourth-order valence-corrected chi connectivity index (χ4v) is 2.76. The molecule has 0 spiro atoms. The zero-order valence-corrected chi connectivity index (χ0v) is 11.0. The molecule has 3 rings (SSSR count). The maximum atomic E-state index is 5.94. The largest absolute Gasteiger partial charge is 0.329 e. The van der Waals surface area contributed by atoms with E-state index in [1.807, 2.05) is 0 Å². The Morgan fingerprint density at radius 3 is 2.53 bits per heavy atom. The van der Waals surface area contributed by atoms with Gasteiger partial charge in [0, 0.05) is 18.6 Å². The van der Waals surface area contributed by atoms with Crippen molar-refractivity contribution in [2.24, 2.45) is 5.73 Å². The highest BCUT2D eigenvalue weighted by Crippen LogP contribution is 2.22. The van der Waals surface area contributed by atoms with E-state index in [-0.39, 0.29) is 6.04 Å². The predicted octanol–water partition coefficient (Wildman–Crippen LogP) is 3.15. The van der Waals surface area contributed by atoms with Crippen LogP contribution in [0, 0.1) is 0 Å². The lowest BCUT2D eigenvalue weighted by molar-refractivity contribution is 0.453. The first-order valence-electron chi connectivity index (χ1n) is 6.96. The molecule has 19 heavy (non-hydrogen) atoms. The Bertz CT molecular complexity index is 581. The SMILES string of the molecule is NCC(NC1CC=CC1)c1ccc2ccccc2c1. The molecular formula is C17H20N2. The number of rotatable bonds is 4. The minimum absolute atomic E-state index is 0.245. The Kier molecular flexibility index (Phi) is 3.62. The summed E-state index contributed by atoms with van der Waals surface area (Å²) in [6.07, 6.45) is 6.71. The van der Waals surface area contributed by atoms with E-state index in [0.717, 1.165) is 12.8 Å². The second kappa shape index (κ2) is 5.55. The molecule has 98 valence electrons. The third-order valence-electron chi connectivity index (χ3n) is 3.86. The number of benzene rings is 2. The Hall–Kier alpha value is -1.64. The molecule has 0 bridgehead atoms. The molecule has 0 saturated heterocycles. The number of nitrogens with one attached hydrogen (secondary N) is 1. The standard InChI is InChI=1S/C17H20N2/c18-12-17(19-16-7-3-4-8-16)15-10-9-13-5-1-2-6-14(13)11-15/h1-6,9-11,16-17,19H,7-8,12,18H2. The van der Waals surface area contributed by atoms with Crippen LogP contribution in [0.3, 0.4) is 0 Å². The maximum absolute atomic E-state index is 5.94. The highest BCUT2D eigenvalue weighted by Gasteiger charge is 2.16. The minimum atomic E-state index is 0.245. The van der Waals surface area contributed by atoms with E-state index in [1.165, 1.54) is 16.3 Å². The van der Waals surface area contributed by atoms with Gasteiger partial charge in [-0.25, -0.2) is 0 Å². The van der Waals surface area contributed by atoms with Gasteiger partial charge >= 0.3 is 0 Å². The van der Waals surface area contributed by atoms with Gasteiger partial charge in [-0.05, 0) is 35.2 Å². The molecular weight excluding hydrogens is 232 g/mol. The van der Waals surface area contributed by atoms with Crippen molar-refractivity contribution in [3.63, 3.8) is 0 Å². The summed E-state index contributed by atoms with van der Waals surface area (Å²) in [6.45, 7) is 0.634. The molecule has 1 unspecified atom stereocenters. The van der Waals surface area contributed by atoms with Crippen molar-refractivity contribution in [1.29, 1.82) is 0 Å². The molecule has 3 N–H and O–H groups in total. The molecule has 1 aliphatic carbocycles. The van der Waals surface area contributed by atoms with Crippen molar-refractivity contribution in [2.75, 3.05) is 6.54 Å². The minimum Gasteiger partial charge on any atom is -0.329 e. The van der Waals surface area contributed by atoms with Crippen molar-refractivity contribution >= 4 is 10.8 Å². The molecule has 0 radical (unpaired) electrons. The smallest absolute Gasteiger partial charge is 0.0447 e. The predicted molar refractivity (Wildman–Crippen MR) is 81.0 cm³/mol. The molecule has 0 aliphatic heterocycles. The molecule has 2 nitrogen and oxygen atoms in total. The first-order chi connectivity index (χ1) is 9.36. The molecule has 2 aromatic carbocycles. The van der Waals surface area contributed by atoms with Gasteiger partial charge in [0.2, 0.25) is 0 Å². The van der Waals surface area contributed by atoms with Crippen LogP contribution in [0.1, 0.15) is 24.4 Å². The molecule has 0 fully saturated rings. The van der Waals surface area contributed by atoms with Crippen molar-refractivity contribution in [3.05, 3.63) is 60.2 Å². The first kappa shape index (κ1) is 12.4. The average molecular weight is 252 g/mol. The van der Waals surface area contributed by atoms with Gasteiger partial charge in [-0.1, -0.05) is 48.6 Å². The van der Waals surface area contributed by atoms with Crippen LogP contribution in [0.5, 0.6) is 0 Å². The second-order valence-corrected chi connectivity index (χ2v) is 5.20. The second-order valence-electron chi connectivity index (χ2n) is 5.20. The number of hydrogen-bond acceptors (Lipinski definition) is 2. The van der Waals surface area contributed by atoms with Crippen LogP contribution in [0.25, 0.3) is 10.8 Å². The highest BCUT2D eigenvalue weighted by atomic mass is 15.0. The van der Waals surface area contributed by atoms with Gasteiger partial charge in [-0.15, -0.1) is 0 Å². The third-order valence-corrected chi connectivity index (χ3v) is 3.86. The Balaban J connectivity index is 1.83. The lowest BCUT2D eigenvalue weighted by Crippen LogP contribution is -2.35. The van der Waals surface area contributed by atoms with Crippen molar-refractivity contribution in [2.45, 2.75) is 24.9 Å². The van der Waals surface area contributed by atoms with E-state index in [2.05, 4.69) is 59.9 Å². The van der Waals surface area contributed by atoms with Gasteiger partial charge in [0.05, 0.1) is 0 Å². The van der Waals surface area contributed by atoms with Crippen molar-refractivity contribution in [1.82, 2.24) is 5.32 Å². The van der Waals surface area contributed by atoms with Crippen LogP contribution < -0.4 is 11.1 Å². The summed E-state index contributed by atoms with van der Waals surface area (Å²) in [5.74, 6) is 0. The fourth-order valence-electron chi connectivity index (χ4n) is 2.76. The van der Waals surface area contributed by atoms with Crippen LogP contribution in [-0.4, -0.2) is 12.6 Å². The molecule has 0 heterocycles. The van der Waals surface area contributed by atoms with Crippen molar-refractivity contribution < 1.29 is 0 Å².